The highest BCUT2D eigenvalue weighted by atomic mass is 16.1. The van der Waals surface area contributed by atoms with Crippen molar-refractivity contribution >= 4 is 11.9 Å². The van der Waals surface area contributed by atoms with Crippen molar-refractivity contribution in [2.45, 2.75) is 64.1 Å². The van der Waals surface area contributed by atoms with Gasteiger partial charge in [-0.1, -0.05) is 37.1 Å². The lowest BCUT2D eigenvalue weighted by atomic mass is 10.1. The molecule has 1 saturated carbocycles. The Kier molecular flexibility index (Phi) is 8.15. The van der Waals surface area contributed by atoms with E-state index in [1.165, 1.54) is 49.9 Å². The van der Waals surface area contributed by atoms with Crippen molar-refractivity contribution in [1.82, 2.24) is 20.9 Å². The van der Waals surface area contributed by atoms with Gasteiger partial charge in [-0.05, 0) is 49.9 Å². The highest BCUT2D eigenvalue weighted by Gasteiger charge is 2.16. The van der Waals surface area contributed by atoms with Crippen LogP contribution in [0.1, 0.15) is 56.1 Å². The third-order valence-electron chi connectivity index (χ3n) is 5.68. The van der Waals surface area contributed by atoms with Gasteiger partial charge in [0.05, 0.1) is 0 Å². The smallest absolute Gasteiger partial charge is 0.221 e. The van der Waals surface area contributed by atoms with Gasteiger partial charge in [0.15, 0.2) is 5.96 Å². The molecule has 0 bridgehead atoms. The van der Waals surface area contributed by atoms with E-state index in [0.717, 1.165) is 31.9 Å². The molecule has 1 aliphatic heterocycles. The van der Waals surface area contributed by atoms with E-state index in [4.69, 9.17) is 0 Å². The fourth-order valence-corrected chi connectivity index (χ4v) is 4.03. The Morgan fingerprint density at radius 1 is 1.04 bits per heavy atom. The molecule has 1 amide bonds. The average Bonchev–Trinajstić information content (AvgIpc) is 3.40. The maximum Gasteiger partial charge on any atom is 0.221 e. The minimum absolute atomic E-state index is 0.128. The number of nitrogens with zero attached hydrogens (tertiary/aromatic N) is 2. The maximum absolute atomic E-state index is 12.0. The number of carbonyl (C=O) groups excluding carboxylic acids is 1. The van der Waals surface area contributed by atoms with E-state index in [9.17, 15) is 4.79 Å². The van der Waals surface area contributed by atoms with Gasteiger partial charge in [0.25, 0.3) is 0 Å². The second-order valence-electron chi connectivity index (χ2n) is 7.95. The monoisotopic (exact) mass is 385 g/mol. The van der Waals surface area contributed by atoms with Crippen molar-refractivity contribution in [3.63, 3.8) is 0 Å². The molecule has 3 rings (SSSR count). The summed E-state index contributed by atoms with van der Waals surface area (Å²) in [6, 6.07) is 9.19. The van der Waals surface area contributed by atoms with E-state index in [1.807, 2.05) is 0 Å². The molecule has 154 valence electrons. The van der Waals surface area contributed by atoms with Gasteiger partial charge in [0.1, 0.15) is 0 Å². The first-order valence-electron chi connectivity index (χ1n) is 10.8. The van der Waals surface area contributed by atoms with Crippen molar-refractivity contribution in [1.29, 1.82) is 0 Å². The number of aliphatic imine (C=N–C) groups is 1. The van der Waals surface area contributed by atoms with E-state index in [0.29, 0.717) is 19.0 Å². The maximum atomic E-state index is 12.0. The first-order chi connectivity index (χ1) is 13.7. The topological polar surface area (TPSA) is 68.8 Å². The minimum Gasteiger partial charge on any atom is -0.356 e. The molecule has 28 heavy (non-hydrogen) atoms. The molecule has 0 spiro atoms. The zero-order valence-electron chi connectivity index (χ0n) is 17.2. The normalized spacial score (nSPS) is 18.4. The lowest BCUT2D eigenvalue weighted by Crippen LogP contribution is -2.40. The van der Waals surface area contributed by atoms with Crippen LogP contribution >= 0.6 is 0 Å². The van der Waals surface area contributed by atoms with Crippen LogP contribution in [-0.2, 0) is 17.9 Å². The Morgan fingerprint density at radius 2 is 1.71 bits per heavy atom. The van der Waals surface area contributed by atoms with E-state index in [-0.39, 0.29) is 5.91 Å². The van der Waals surface area contributed by atoms with Gasteiger partial charge in [-0.3, -0.25) is 14.7 Å². The number of carbonyl (C=O) groups is 1. The average molecular weight is 386 g/mol. The Labute approximate surface area is 169 Å². The lowest BCUT2D eigenvalue weighted by Gasteiger charge is -2.15. The van der Waals surface area contributed by atoms with Crippen LogP contribution in [0.5, 0.6) is 0 Å². The number of benzene rings is 1. The molecule has 1 aliphatic carbocycles. The molecule has 3 N–H and O–H groups in total. The van der Waals surface area contributed by atoms with Crippen molar-refractivity contribution in [3.05, 3.63) is 35.4 Å². The number of amides is 1. The summed E-state index contributed by atoms with van der Waals surface area (Å²) in [4.78, 5) is 18.8. The molecule has 1 heterocycles. The van der Waals surface area contributed by atoms with Gasteiger partial charge in [-0.15, -0.1) is 0 Å². The first-order valence-corrected chi connectivity index (χ1v) is 10.8. The number of hydrogen-bond donors (Lipinski definition) is 3. The van der Waals surface area contributed by atoms with Gasteiger partial charge in [-0.2, -0.15) is 0 Å². The second-order valence-corrected chi connectivity index (χ2v) is 7.95. The van der Waals surface area contributed by atoms with E-state index in [1.54, 1.807) is 7.05 Å². The Bertz CT molecular complexity index is 631. The van der Waals surface area contributed by atoms with Crippen LogP contribution in [0.2, 0.25) is 0 Å². The van der Waals surface area contributed by atoms with Crippen LogP contribution in [0.4, 0.5) is 0 Å². The molecule has 0 radical (unpaired) electrons. The summed E-state index contributed by atoms with van der Waals surface area (Å²) < 4.78 is 0. The Morgan fingerprint density at radius 3 is 2.39 bits per heavy atom. The molecular formula is C22H35N5O. The molecule has 0 aromatic heterocycles. The molecule has 0 unspecified atom stereocenters. The molecule has 2 fully saturated rings. The summed E-state index contributed by atoms with van der Waals surface area (Å²) in [6.07, 6.45) is 7.85. The molecule has 0 atom stereocenters. The standard InChI is InChI=1S/C22H35N5O/c1-23-22(24-13-12-21(28)26-20-6-2-3-7-20)25-16-18-8-10-19(11-9-18)17-27-14-4-5-15-27/h8-11,20H,2-7,12-17H2,1H3,(H,26,28)(H2,23,24,25). The van der Waals surface area contributed by atoms with E-state index in [2.05, 4.69) is 50.1 Å². The minimum atomic E-state index is 0.128. The molecule has 6 nitrogen and oxygen atoms in total. The van der Waals surface area contributed by atoms with Crippen LogP contribution in [-0.4, -0.2) is 49.5 Å². The molecular weight excluding hydrogens is 350 g/mol. The number of nitrogens with one attached hydrogen (secondary N) is 3. The summed E-state index contributed by atoms with van der Waals surface area (Å²) >= 11 is 0. The van der Waals surface area contributed by atoms with Gasteiger partial charge < -0.3 is 16.0 Å². The van der Waals surface area contributed by atoms with Gasteiger partial charge in [-0.25, -0.2) is 0 Å². The summed E-state index contributed by atoms with van der Waals surface area (Å²) in [5, 5.41) is 9.67. The number of guanidine groups is 1. The molecule has 1 aromatic carbocycles. The fourth-order valence-electron chi connectivity index (χ4n) is 4.03. The SMILES string of the molecule is CN=C(NCCC(=O)NC1CCCC1)NCc1ccc(CN2CCCC2)cc1. The summed E-state index contributed by atoms with van der Waals surface area (Å²) in [5.74, 6) is 0.859. The van der Waals surface area contributed by atoms with E-state index < -0.39 is 0 Å². The van der Waals surface area contributed by atoms with Gasteiger partial charge in [0, 0.05) is 39.1 Å². The number of rotatable bonds is 8. The van der Waals surface area contributed by atoms with Gasteiger partial charge >= 0.3 is 0 Å². The van der Waals surface area contributed by atoms with Crippen LogP contribution in [0.3, 0.4) is 0 Å². The lowest BCUT2D eigenvalue weighted by molar-refractivity contribution is -0.121. The zero-order valence-corrected chi connectivity index (χ0v) is 17.2. The van der Waals surface area contributed by atoms with Crippen molar-refractivity contribution in [3.8, 4) is 0 Å². The van der Waals surface area contributed by atoms with Gasteiger partial charge in [0.2, 0.25) is 5.91 Å². The van der Waals surface area contributed by atoms with Crippen LogP contribution in [0.15, 0.2) is 29.3 Å². The first kappa shape index (κ1) is 20.6. The highest BCUT2D eigenvalue weighted by Crippen LogP contribution is 2.17. The Hall–Kier alpha value is -2.08. The third-order valence-corrected chi connectivity index (χ3v) is 5.68. The predicted molar refractivity (Wildman–Crippen MR) is 114 cm³/mol. The summed E-state index contributed by atoms with van der Waals surface area (Å²) in [7, 11) is 1.76. The largest absolute Gasteiger partial charge is 0.356 e. The van der Waals surface area contributed by atoms with Crippen LogP contribution < -0.4 is 16.0 Å². The van der Waals surface area contributed by atoms with Crippen LogP contribution in [0, 0.1) is 0 Å². The van der Waals surface area contributed by atoms with Crippen molar-refractivity contribution < 1.29 is 4.79 Å². The summed E-state index contributed by atoms with van der Waals surface area (Å²) in [6.45, 7) is 4.82. The Balaban J connectivity index is 1.33. The van der Waals surface area contributed by atoms with Crippen molar-refractivity contribution in [2.75, 3.05) is 26.7 Å². The molecule has 1 aromatic rings. The molecule has 6 heteroatoms. The molecule has 1 saturated heterocycles. The quantitative estimate of drug-likeness (QED) is 0.475. The third kappa shape index (κ3) is 6.82. The zero-order chi connectivity index (χ0) is 19.6. The molecule has 2 aliphatic rings. The second kappa shape index (κ2) is 11.1. The van der Waals surface area contributed by atoms with Crippen LogP contribution in [0.25, 0.3) is 0 Å². The number of likely N-dealkylation sites (tertiary alicyclic amines) is 1. The summed E-state index contributed by atoms with van der Waals surface area (Å²) in [5.41, 5.74) is 2.61. The fraction of sp³-hybridized carbons (Fsp3) is 0.636. The highest BCUT2D eigenvalue weighted by molar-refractivity contribution is 5.81. The predicted octanol–water partition coefficient (Wildman–Crippen LogP) is 2.40. The number of hydrogen-bond acceptors (Lipinski definition) is 3. The van der Waals surface area contributed by atoms with E-state index >= 15 is 0 Å². The van der Waals surface area contributed by atoms with Crippen molar-refractivity contribution in [2.24, 2.45) is 4.99 Å².